The molecule has 0 aliphatic carbocycles. The average molecular weight is 266 g/mol. The van der Waals surface area contributed by atoms with Crippen molar-refractivity contribution < 1.29 is 42.4 Å². The summed E-state index contributed by atoms with van der Waals surface area (Å²) in [7, 11) is -12.1. The van der Waals surface area contributed by atoms with Crippen molar-refractivity contribution in [2.45, 2.75) is 0 Å². The van der Waals surface area contributed by atoms with Crippen LogP contribution in [0.5, 0.6) is 0 Å². The summed E-state index contributed by atoms with van der Waals surface area (Å²) in [5.41, 5.74) is 0. The normalized spacial score (nSPS) is 13.6. The Morgan fingerprint density at radius 3 is 1.36 bits per heavy atom. The van der Waals surface area contributed by atoms with Crippen LogP contribution < -0.4 is 0 Å². The summed E-state index contributed by atoms with van der Waals surface area (Å²) in [6.07, 6.45) is -1.91. The van der Waals surface area contributed by atoms with Crippen LogP contribution in [0, 0.1) is 0 Å². The first-order valence-corrected chi connectivity index (χ1v) is 8.56. The van der Waals surface area contributed by atoms with Crippen LogP contribution in [0.3, 0.4) is 0 Å². The van der Waals surface area contributed by atoms with Crippen molar-refractivity contribution in [2.75, 3.05) is 12.5 Å². The monoisotopic (exact) mass is 266 g/mol. The molecule has 0 saturated heterocycles. The van der Waals surface area contributed by atoms with E-state index in [9.17, 15) is 4.57 Å². The molecule has 0 atom stereocenters. The van der Waals surface area contributed by atoms with Crippen LogP contribution in [0.4, 0.5) is 0 Å². The third-order valence-electron chi connectivity index (χ3n) is 0.767. The molecule has 0 aromatic heterocycles. The standard InChI is InChI=1S/C2H11O9PSi2/c3-12(10-1-13(4,5)6)11-2-14(7,8)9/h4-9,12H,1-2H2. The molecule has 0 rings (SSSR count). The second-order valence-electron chi connectivity index (χ2n) is 2.38. The molecule has 0 heterocycles. The van der Waals surface area contributed by atoms with E-state index >= 15 is 0 Å². The van der Waals surface area contributed by atoms with Gasteiger partial charge < -0.3 is 37.8 Å². The molecule has 0 saturated carbocycles. The molecule has 6 N–H and O–H groups in total. The predicted molar refractivity (Wildman–Crippen MR) is 45.7 cm³/mol. The number of hydrogen-bond donors (Lipinski definition) is 6. The van der Waals surface area contributed by atoms with Crippen molar-refractivity contribution >= 4 is 25.9 Å². The van der Waals surface area contributed by atoms with Crippen LogP contribution in [-0.4, -0.2) is 58.8 Å². The Balaban J connectivity index is 3.68. The molecule has 86 valence electrons. The maximum atomic E-state index is 10.7. The minimum Gasteiger partial charge on any atom is -0.389 e. The minimum atomic E-state index is -4.45. The van der Waals surface area contributed by atoms with E-state index in [0.29, 0.717) is 0 Å². The lowest BCUT2D eigenvalue weighted by atomic mass is 11.7. The molecule has 14 heavy (non-hydrogen) atoms. The lowest BCUT2D eigenvalue weighted by Crippen LogP contribution is -2.41. The van der Waals surface area contributed by atoms with Gasteiger partial charge in [0.25, 0.3) is 0 Å². The lowest BCUT2D eigenvalue weighted by Gasteiger charge is -2.11. The Kier molecular flexibility index (Phi) is 5.57. The van der Waals surface area contributed by atoms with Gasteiger partial charge in [0.15, 0.2) is 0 Å². The van der Waals surface area contributed by atoms with E-state index < -0.39 is 38.3 Å². The Labute approximate surface area is 81.5 Å². The zero-order valence-corrected chi connectivity index (χ0v) is 9.82. The van der Waals surface area contributed by atoms with E-state index in [0.717, 1.165) is 0 Å². The minimum absolute atomic E-state index is 0.957. The van der Waals surface area contributed by atoms with Gasteiger partial charge in [0.05, 0.1) is 0 Å². The third kappa shape index (κ3) is 10.4. The van der Waals surface area contributed by atoms with Gasteiger partial charge in [0.2, 0.25) is 0 Å². The zero-order chi connectivity index (χ0) is 11.4. The molecule has 0 unspecified atom stereocenters. The molecule has 0 amide bonds. The fraction of sp³-hybridized carbons (Fsp3) is 1.00. The molecule has 0 radical (unpaired) electrons. The van der Waals surface area contributed by atoms with Gasteiger partial charge in [-0.15, -0.1) is 0 Å². The van der Waals surface area contributed by atoms with Gasteiger partial charge in [-0.2, -0.15) is 0 Å². The summed E-state index contributed by atoms with van der Waals surface area (Å²) >= 11 is 0. The van der Waals surface area contributed by atoms with Crippen LogP contribution in [0.25, 0.3) is 0 Å². The van der Waals surface area contributed by atoms with E-state index in [-0.39, 0.29) is 0 Å². The van der Waals surface area contributed by atoms with Crippen molar-refractivity contribution in [3.8, 4) is 0 Å². The fourth-order valence-electron chi connectivity index (χ4n) is 0.353. The SMILES string of the molecule is O=[PH](OC[Si](O)(O)O)OC[Si](O)(O)O. The summed E-state index contributed by atoms with van der Waals surface area (Å²) in [4.78, 5) is 50.4. The summed E-state index contributed by atoms with van der Waals surface area (Å²) in [5.74, 6) is 0. The first-order valence-electron chi connectivity index (χ1n) is 3.24. The highest BCUT2D eigenvalue weighted by Crippen LogP contribution is 2.24. The molecule has 0 aromatic rings. The fourth-order valence-corrected chi connectivity index (χ4v) is 2.93. The Morgan fingerprint density at radius 2 is 1.14 bits per heavy atom. The maximum absolute atomic E-state index is 10.7. The highest BCUT2D eigenvalue weighted by molar-refractivity contribution is 7.33. The molecule has 0 bridgehead atoms. The first-order chi connectivity index (χ1) is 6.10. The molecule has 9 nitrogen and oxygen atoms in total. The van der Waals surface area contributed by atoms with Crippen molar-refractivity contribution in [1.29, 1.82) is 0 Å². The van der Waals surface area contributed by atoms with Crippen molar-refractivity contribution in [3.05, 3.63) is 0 Å². The Morgan fingerprint density at radius 1 is 0.857 bits per heavy atom. The quantitative estimate of drug-likeness (QED) is 0.210. The summed E-state index contributed by atoms with van der Waals surface area (Å²) in [6, 6.07) is 0. The van der Waals surface area contributed by atoms with E-state index in [2.05, 4.69) is 9.05 Å². The topological polar surface area (TPSA) is 157 Å². The van der Waals surface area contributed by atoms with Gasteiger partial charge in [0.1, 0.15) is 12.5 Å². The van der Waals surface area contributed by atoms with E-state index in [1.807, 2.05) is 0 Å². The van der Waals surface area contributed by atoms with E-state index in [1.165, 1.54) is 0 Å². The van der Waals surface area contributed by atoms with Crippen LogP contribution >= 0.6 is 8.25 Å². The lowest BCUT2D eigenvalue weighted by molar-refractivity contribution is 0.156. The number of rotatable bonds is 6. The molecule has 12 heteroatoms. The number of hydrogen-bond acceptors (Lipinski definition) is 9. The Hall–Kier alpha value is 0.344. The zero-order valence-electron chi connectivity index (χ0n) is 6.82. The van der Waals surface area contributed by atoms with Crippen LogP contribution in [0.2, 0.25) is 0 Å². The van der Waals surface area contributed by atoms with E-state index in [4.69, 9.17) is 28.8 Å². The molecule has 0 aliphatic heterocycles. The molecule has 0 fully saturated rings. The maximum Gasteiger partial charge on any atom is 0.520 e. The van der Waals surface area contributed by atoms with Crippen molar-refractivity contribution in [3.63, 3.8) is 0 Å². The van der Waals surface area contributed by atoms with Gasteiger partial charge in [-0.3, -0.25) is 4.57 Å². The summed E-state index contributed by atoms with van der Waals surface area (Å²) in [5, 5.41) is 0. The molecular formula is C2H11O9PSi2. The first kappa shape index (κ1) is 14.3. The second-order valence-corrected chi connectivity index (χ2v) is 7.13. The van der Waals surface area contributed by atoms with Crippen LogP contribution in [0.1, 0.15) is 0 Å². The smallest absolute Gasteiger partial charge is 0.389 e. The van der Waals surface area contributed by atoms with Crippen LogP contribution in [0.15, 0.2) is 0 Å². The van der Waals surface area contributed by atoms with Crippen LogP contribution in [-0.2, 0) is 13.6 Å². The van der Waals surface area contributed by atoms with Gasteiger partial charge in [-0.1, -0.05) is 0 Å². The van der Waals surface area contributed by atoms with Gasteiger partial charge >= 0.3 is 25.9 Å². The highest BCUT2D eigenvalue weighted by atomic mass is 31.1. The molecule has 0 spiro atoms. The highest BCUT2D eigenvalue weighted by Gasteiger charge is 2.31. The largest absolute Gasteiger partial charge is 0.520 e. The van der Waals surface area contributed by atoms with E-state index in [1.54, 1.807) is 0 Å². The van der Waals surface area contributed by atoms with Gasteiger partial charge in [-0.25, -0.2) is 0 Å². The average Bonchev–Trinajstić information content (AvgIpc) is 1.94. The van der Waals surface area contributed by atoms with Crippen molar-refractivity contribution in [2.24, 2.45) is 0 Å². The summed E-state index contributed by atoms with van der Waals surface area (Å²) in [6.45, 7) is 0. The summed E-state index contributed by atoms with van der Waals surface area (Å²) < 4.78 is 18.9. The third-order valence-corrected chi connectivity index (χ3v) is 3.17. The Bertz CT molecular complexity index is 174. The van der Waals surface area contributed by atoms with Gasteiger partial charge in [0, 0.05) is 0 Å². The predicted octanol–water partition coefficient (Wildman–Crippen LogP) is -3.68. The van der Waals surface area contributed by atoms with Gasteiger partial charge in [-0.05, 0) is 0 Å². The second kappa shape index (κ2) is 5.43. The molecule has 0 aromatic carbocycles. The molecule has 0 aliphatic rings. The van der Waals surface area contributed by atoms with Crippen molar-refractivity contribution in [1.82, 2.24) is 0 Å². The molecular weight excluding hydrogens is 255 g/mol.